The Kier molecular flexibility index (Phi) is 5.98. The van der Waals surface area contributed by atoms with Crippen LogP contribution in [0.1, 0.15) is 11.1 Å². The van der Waals surface area contributed by atoms with Crippen LogP contribution in [-0.2, 0) is 0 Å². The molecule has 0 saturated heterocycles. The largest absolute Gasteiger partial charge is 0.506 e. The van der Waals surface area contributed by atoms with Gasteiger partial charge in [0.05, 0.1) is 0 Å². The molecule has 0 atom stereocenters. The molecule has 0 aliphatic rings. The summed E-state index contributed by atoms with van der Waals surface area (Å²) in [5.41, 5.74) is 3.83. The lowest BCUT2D eigenvalue weighted by Crippen LogP contribution is -2.04. The molecule has 29 heavy (non-hydrogen) atoms. The number of phenolic OH excluding ortho intramolecular Hbond substituents is 1. The van der Waals surface area contributed by atoms with Crippen molar-refractivity contribution in [1.82, 2.24) is 9.97 Å². The summed E-state index contributed by atoms with van der Waals surface area (Å²) < 4.78 is 13.4. The Balaban J connectivity index is 0.00000240. The predicted molar refractivity (Wildman–Crippen MR) is 120 cm³/mol. The van der Waals surface area contributed by atoms with Gasteiger partial charge in [-0.15, -0.1) is 17.0 Å². The third-order valence-electron chi connectivity index (χ3n) is 4.54. The second-order valence-electron chi connectivity index (χ2n) is 6.59. The molecule has 7 heteroatoms. The lowest BCUT2D eigenvalue weighted by Gasteiger charge is -2.14. The summed E-state index contributed by atoms with van der Waals surface area (Å²) in [5.74, 6) is 0.630. The van der Waals surface area contributed by atoms with Crippen LogP contribution < -0.4 is 10.6 Å². The molecule has 0 saturated carbocycles. The molecular weight excluding hydrogens is 435 g/mol. The van der Waals surface area contributed by atoms with Gasteiger partial charge >= 0.3 is 0 Å². The second-order valence-corrected chi connectivity index (χ2v) is 6.59. The molecular formula is C22H20BrFN4O. The molecule has 4 rings (SSSR count). The van der Waals surface area contributed by atoms with Crippen LogP contribution in [0.4, 0.5) is 27.5 Å². The Morgan fingerprint density at radius 3 is 2.34 bits per heavy atom. The highest BCUT2D eigenvalue weighted by atomic mass is 79.9. The van der Waals surface area contributed by atoms with Crippen molar-refractivity contribution < 1.29 is 9.50 Å². The van der Waals surface area contributed by atoms with Crippen molar-refractivity contribution in [3.63, 3.8) is 0 Å². The number of hydrogen-bond acceptors (Lipinski definition) is 5. The average Bonchev–Trinajstić information content (AvgIpc) is 2.67. The number of phenols is 1. The number of aryl methyl sites for hydroxylation is 2. The molecule has 0 radical (unpaired) electrons. The van der Waals surface area contributed by atoms with Crippen molar-refractivity contribution in [2.75, 3.05) is 10.6 Å². The number of rotatable bonds is 4. The molecule has 0 fully saturated rings. The number of nitrogens with one attached hydrogen (secondary N) is 2. The van der Waals surface area contributed by atoms with Gasteiger partial charge in [0, 0.05) is 16.8 Å². The minimum atomic E-state index is -0.304. The minimum absolute atomic E-state index is 0. The molecule has 3 N–H and O–H groups in total. The van der Waals surface area contributed by atoms with E-state index in [1.807, 2.05) is 37.3 Å². The van der Waals surface area contributed by atoms with Crippen molar-refractivity contribution in [2.24, 2.45) is 0 Å². The Hall–Kier alpha value is -3.19. The van der Waals surface area contributed by atoms with Gasteiger partial charge in [-0.05, 0) is 61.4 Å². The van der Waals surface area contributed by atoms with Crippen LogP contribution in [-0.4, -0.2) is 15.1 Å². The quantitative estimate of drug-likeness (QED) is 0.344. The Labute approximate surface area is 178 Å². The molecule has 3 aromatic carbocycles. The topological polar surface area (TPSA) is 70.1 Å². The van der Waals surface area contributed by atoms with Crippen molar-refractivity contribution >= 4 is 51.0 Å². The predicted octanol–water partition coefficient (Wildman–Crippen LogP) is 6.16. The zero-order valence-corrected chi connectivity index (χ0v) is 17.6. The SMILES string of the molecule is Br.Cc1cc(F)ccc1Nc1nc(Nc2ccccc2C)c2cccc(O)c2n1. The van der Waals surface area contributed by atoms with E-state index in [4.69, 9.17) is 0 Å². The summed E-state index contributed by atoms with van der Waals surface area (Å²) in [6.07, 6.45) is 0. The number of aromatic nitrogens is 2. The Morgan fingerprint density at radius 1 is 0.828 bits per heavy atom. The average molecular weight is 455 g/mol. The highest BCUT2D eigenvalue weighted by Crippen LogP contribution is 2.32. The van der Waals surface area contributed by atoms with Gasteiger partial charge < -0.3 is 15.7 Å². The fourth-order valence-electron chi connectivity index (χ4n) is 3.02. The van der Waals surface area contributed by atoms with Gasteiger partial charge in [0.25, 0.3) is 0 Å². The first kappa shape index (κ1) is 20.5. The van der Waals surface area contributed by atoms with Crippen LogP contribution >= 0.6 is 17.0 Å². The van der Waals surface area contributed by atoms with E-state index in [-0.39, 0.29) is 28.5 Å². The van der Waals surface area contributed by atoms with Crippen LogP contribution in [0.15, 0.2) is 60.7 Å². The lowest BCUT2D eigenvalue weighted by molar-refractivity contribution is 0.480. The van der Waals surface area contributed by atoms with E-state index < -0.39 is 0 Å². The first-order valence-electron chi connectivity index (χ1n) is 8.87. The Morgan fingerprint density at radius 2 is 1.59 bits per heavy atom. The van der Waals surface area contributed by atoms with E-state index in [0.717, 1.165) is 16.8 Å². The number of para-hydroxylation sites is 2. The maximum absolute atomic E-state index is 13.4. The number of benzene rings is 3. The van der Waals surface area contributed by atoms with E-state index >= 15 is 0 Å². The molecule has 5 nitrogen and oxygen atoms in total. The van der Waals surface area contributed by atoms with Gasteiger partial charge in [-0.2, -0.15) is 4.98 Å². The van der Waals surface area contributed by atoms with E-state index in [1.54, 1.807) is 25.1 Å². The first-order valence-corrected chi connectivity index (χ1v) is 8.87. The highest BCUT2D eigenvalue weighted by molar-refractivity contribution is 8.93. The maximum Gasteiger partial charge on any atom is 0.229 e. The van der Waals surface area contributed by atoms with Crippen LogP contribution in [0.3, 0.4) is 0 Å². The van der Waals surface area contributed by atoms with Crippen LogP contribution in [0.5, 0.6) is 5.75 Å². The number of fused-ring (bicyclic) bond motifs is 1. The van der Waals surface area contributed by atoms with Crippen molar-refractivity contribution in [3.8, 4) is 5.75 Å². The van der Waals surface area contributed by atoms with Crippen molar-refractivity contribution in [1.29, 1.82) is 0 Å². The van der Waals surface area contributed by atoms with Gasteiger partial charge in [0.1, 0.15) is 22.9 Å². The van der Waals surface area contributed by atoms with Gasteiger partial charge in [-0.3, -0.25) is 0 Å². The summed E-state index contributed by atoms with van der Waals surface area (Å²) in [5, 5.41) is 17.5. The zero-order chi connectivity index (χ0) is 19.7. The molecule has 0 unspecified atom stereocenters. The number of hydrogen-bond donors (Lipinski definition) is 3. The summed E-state index contributed by atoms with van der Waals surface area (Å²) in [7, 11) is 0. The van der Waals surface area contributed by atoms with Gasteiger partial charge in [0.15, 0.2) is 0 Å². The number of nitrogens with zero attached hydrogens (tertiary/aromatic N) is 2. The monoisotopic (exact) mass is 454 g/mol. The van der Waals surface area contributed by atoms with Crippen LogP contribution in [0.25, 0.3) is 10.9 Å². The van der Waals surface area contributed by atoms with E-state index in [0.29, 0.717) is 28.4 Å². The van der Waals surface area contributed by atoms with Crippen LogP contribution in [0.2, 0.25) is 0 Å². The Bertz CT molecular complexity index is 1180. The standard InChI is InChI=1S/C22H19FN4O.BrH/c1-13-6-3-4-8-17(13)24-21-16-7-5-9-19(28)20(16)26-22(27-21)25-18-11-10-15(23)12-14(18)2;/h3-12,28H,1-2H3,(H2,24,25,26,27);1H. The molecule has 4 aromatic rings. The van der Waals surface area contributed by atoms with Crippen molar-refractivity contribution in [2.45, 2.75) is 13.8 Å². The first-order chi connectivity index (χ1) is 13.5. The summed E-state index contributed by atoms with van der Waals surface area (Å²) in [6, 6.07) is 17.5. The fraction of sp³-hybridized carbons (Fsp3) is 0.0909. The molecule has 148 valence electrons. The third kappa shape index (κ3) is 4.30. The number of aromatic hydroxyl groups is 1. The summed E-state index contributed by atoms with van der Waals surface area (Å²) in [6.45, 7) is 3.81. The van der Waals surface area contributed by atoms with Gasteiger partial charge in [0.2, 0.25) is 5.95 Å². The molecule has 0 amide bonds. The molecule has 0 bridgehead atoms. The minimum Gasteiger partial charge on any atom is -0.506 e. The van der Waals surface area contributed by atoms with E-state index in [2.05, 4.69) is 20.6 Å². The summed E-state index contributed by atoms with van der Waals surface area (Å²) >= 11 is 0. The normalized spacial score (nSPS) is 10.4. The smallest absolute Gasteiger partial charge is 0.229 e. The van der Waals surface area contributed by atoms with E-state index in [1.165, 1.54) is 12.1 Å². The fourth-order valence-corrected chi connectivity index (χ4v) is 3.02. The van der Waals surface area contributed by atoms with Crippen molar-refractivity contribution in [3.05, 3.63) is 77.6 Å². The van der Waals surface area contributed by atoms with Crippen LogP contribution in [0, 0.1) is 19.7 Å². The maximum atomic E-state index is 13.4. The molecule has 0 aliphatic carbocycles. The zero-order valence-electron chi connectivity index (χ0n) is 15.9. The molecule has 1 aromatic heterocycles. The summed E-state index contributed by atoms with van der Waals surface area (Å²) in [4.78, 5) is 9.05. The molecule has 1 heterocycles. The van der Waals surface area contributed by atoms with E-state index in [9.17, 15) is 9.50 Å². The highest BCUT2D eigenvalue weighted by Gasteiger charge is 2.13. The number of anilines is 4. The third-order valence-corrected chi connectivity index (χ3v) is 4.54. The van der Waals surface area contributed by atoms with Gasteiger partial charge in [-0.1, -0.05) is 24.3 Å². The second kappa shape index (κ2) is 8.45. The molecule has 0 spiro atoms. The lowest BCUT2D eigenvalue weighted by atomic mass is 10.1. The molecule has 0 aliphatic heterocycles. The van der Waals surface area contributed by atoms with Gasteiger partial charge in [-0.25, -0.2) is 9.37 Å². The number of halogens is 2.